The van der Waals surface area contributed by atoms with E-state index in [4.69, 9.17) is 4.98 Å². The van der Waals surface area contributed by atoms with Gasteiger partial charge in [-0.2, -0.15) is 0 Å². The summed E-state index contributed by atoms with van der Waals surface area (Å²) in [5, 5.41) is 5.33. The predicted molar refractivity (Wildman–Crippen MR) is 141 cm³/mol. The van der Waals surface area contributed by atoms with Crippen LogP contribution < -0.4 is 15.9 Å². The lowest BCUT2D eigenvalue weighted by Gasteiger charge is -2.27. The highest BCUT2D eigenvalue weighted by atomic mass is 32.1. The molecule has 5 rings (SSSR count). The molecule has 0 unspecified atom stereocenters. The van der Waals surface area contributed by atoms with Gasteiger partial charge in [0.25, 0.3) is 0 Å². The first kappa shape index (κ1) is 20.8. The van der Waals surface area contributed by atoms with Gasteiger partial charge in [0.15, 0.2) is 0 Å². The van der Waals surface area contributed by atoms with Crippen LogP contribution >= 0.6 is 18.6 Å². The van der Waals surface area contributed by atoms with E-state index in [1.807, 2.05) is 11.3 Å². The lowest BCUT2D eigenvalue weighted by atomic mass is 10.2. The zero-order valence-electron chi connectivity index (χ0n) is 18.1. The van der Waals surface area contributed by atoms with Gasteiger partial charge in [0.1, 0.15) is 34.3 Å². The maximum Gasteiger partial charge on any atom is 0.123 e. The van der Waals surface area contributed by atoms with Crippen LogP contribution in [0.25, 0.3) is 10.6 Å². The van der Waals surface area contributed by atoms with E-state index >= 15 is 0 Å². The normalized spacial score (nSPS) is 11.4. The van der Waals surface area contributed by atoms with Gasteiger partial charge >= 0.3 is 0 Å². The molecule has 0 spiro atoms. The Hall–Kier alpha value is -3.06. The number of hydrogen-bond acceptors (Lipinski definition) is 2. The highest BCUT2D eigenvalue weighted by Crippen LogP contribution is 2.59. The smallest absolute Gasteiger partial charge is 0.123 e. The van der Waals surface area contributed by atoms with Crippen LogP contribution in [0.4, 0.5) is 0 Å². The first-order valence-electron chi connectivity index (χ1n) is 10.8. The van der Waals surface area contributed by atoms with Crippen molar-refractivity contribution in [2.24, 2.45) is 0 Å². The van der Waals surface area contributed by atoms with E-state index in [2.05, 4.69) is 128 Å². The standard InChI is InChI=1S/C29H25NPS/c1-23-28(32-29(30-23)24-14-6-2-7-15-24)22-31(25-16-8-3-9-17-25,26-18-10-4-11-19-26)27-20-12-5-13-21-27/h2-21H,22H2,1H3/q+1. The third-order valence-electron chi connectivity index (χ3n) is 5.89. The molecule has 0 radical (unpaired) electrons. The molecule has 1 aromatic heterocycles. The lowest BCUT2D eigenvalue weighted by molar-refractivity contribution is 1.22. The average molecular weight is 451 g/mol. The summed E-state index contributed by atoms with van der Waals surface area (Å²) in [6.07, 6.45) is 0.974. The first-order chi connectivity index (χ1) is 15.8. The fourth-order valence-corrected chi connectivity index (χ4v) is 10.1. The Balaban J connectivity index is 1.72. The number of thiazole rings is 1. The molecule has 0 aliphatic carbocycles. The van der Waals surface area contributed by atoms with E-state index in [0.29, 0.717) is 0 Å². The van der Waals surface area contributed by atoms with Crippen LogP contribution in [0, 0.1) is 6.92 Å². The second kappa shape index (κ2) is 9.20. The van der Waals surface area contributed by atoms with Crippen molar-refractivity contribution in [3.8, 4) is 10.6 Å². The quantitative estimate of drug-likeness (QED) is 0.265. The zero-order chi connectivity index (χ0) is 21.8. The maximum absolute atomic E-state index is 4.98. The molecule has 0 aliphatic rings. The van der Waals surface area contributed by atoms with Crippen LogP contribution in [-0.2, 0) is 6.16 Å². The molecule has 0 amide bonds. The Labute approximate surface area is 194 Å². The minimum Gasteiger partial charge on any atom is -0.241 e. The van der Waals surface area contributed by atoms with Gasteiger partial charge in [-0.25, -0.2) is 4.98 Å². The van der Waals surface area contributed by atoms with Gasteiger partial charge in [0.2, 0.25) is 0 Å². The number of nitrogens with zero attached hydrogens (tertiary/aromatic N) is 1. The van der Waals surface area contributed by atoms with Crippen molar-refractivity contribution in [1.29, 1.82) is 0 Å². The molecule has 0 aliphatic heterocycles. The van der Waals surface area contributed by atoms with Gasteiger partial charge in [-0.15, -0.1) is 11.3 Å². The van der Waals surface area contributed by atoms with E-state index in [1.54, 1.807) is 0 Å². The van der Waals surface area contributed by atoms with Crippen molar-refractivity contribution in [3.63, 3.8) is 0 Å². The van der Waals surface area contributed by atoms with E-state index in [-0.39, 0.29) is 0 Å². The Morgan fingerprint density at radius 3 is 1.44 bits per heavy atom. The minimum absolute atomic E-state index is 0.974. The van der Waals surface area contributed by atoms with Crippen molar-refractivity contribution in [2.75, 3.05) is 0 Å². The maximum atomic E-state index is 4.98. The predicted octanol–water partition coefficient (Wildman–Crippen LogP) is 6.61. The minimum atomic E-state index is -1.91. The Morgan fingerprint density at radius 1 is 0.594 bits per heavy atom. The van der Waals surface area contributed by atoms with Gasteiger partial charge in [0, 0.05) is 5.56 Å². The zero-order valence-corrected chi connectivity index (χ0v) is 19.8. The molecule has 156 valence electrons. The topological polar surface area (TPSA) is 12.9 Å². The molecule has 1 nitrogen and oxygen atoms in total. The molecular weight excluding hydrogens is 425 g/mol. The van der Waals surface area contributed by atoms with Gasteiger partial charge in [-0.3, -0.25) is 0 Å². The van der Waals surface area contributed by atoms with Gasteiger partial charge in [0.05, 0.1) is 10.6 Å². The van der Waals surface area contributed by atoms with Crippen LogP contribution in [0.15, 0.2) is 121 Å². The summed E-state index contributed by atoms with van der Waals surface area (Å²) in [7, 11) is -1.91. The number of aromatic nitrogens is 1. The van der Waals surface area contributed by atoms with Crippen molar-refractivity contribution in [2.45, 2.75) is 13.1 Å². The molecule has 1 heterocycles. The van der Waals surface area contributed by atoms with E-state index < -0.39 is 7.26 Å². The molecule has 0 saturated heterocycles. The molecule has 0 fully saturated rings. The molecule has 32 heavy (non-hydrogen) atoms. The van der Waals surface area contributed by atoms with E-state index in [1.165, 1.54) is 26.4 Å². The average Bonchev–Trinajstić information content (AvgIpc) is 3.24. The summed E-state index contributed by atoms with van der Waals surface area (Å²) in [6.45, 7) is 2.16. The van der Waals surface area contributed by atoms with Gasteiger partial charge in [-0.05, 0) is 43.3 Å². The van der Waals surface area contributed by atoms with Crippen molar-refractivity contribution >= 4 is 34.5 Å². The summed E-state index contributed by atoms with van der Waals surface area (Å²) in [5.41, 5.74) is 2.33. The van der Waals surface area contributed by atoms with E-state index in [9.17, 15) is 0 Å². The lowest BCUT2D eigenvalue weighted by Crippen LogP contribution is -2.32. The number of rotatable bonds is 6. The first-order valence-corrected chi connectivity index (χ1v) is 13.6. The molecule has 5 aromatic rings. The van der Waals surface area contributed by atoms with Crippen molar-refractivity contribution < 1.29 is 0 Å². The van der Waals surface area contributed by atoms with Gasteiger partial charge < -0.3 is 0 Å². The third-order valence-corrected chi connectivity index (χ3v) is 11.6. The second-order valence-corrected chi connectivity index (χ2v) is 12.4. The van der Waals surface area contributed by atoms with Crippen molar-refractivity contribution in [3.05, 3.63) is 132 Å². The van der Waals surface area contributed by atoms with E-state index in [0.717, 1.165) is 16.9 Å². The number of aryl methyl sites for hydroxylation is 1. The van der Waals surface area contributed by atoms with Crippen LogP contribution in [-0.4, -0.2) is 4.98 Å². The summed E-state index contributed by atoms with van der Waals surface area (Å²) < 4.78 is 0. The van der Waals surface area contributed by atoms with Crippen LogP contribution in [0.2, 0.25) is 0 Å². The van der Waals surface area contributed by atoms with Crippen LogP contribution in [0.3, 0.4) is 0 Å². The van der Waals surface area contributed by atoms with Gasteiger partial charge in [-0.1, -0.05) is 84.9 Å². The summed E-state index contributed by atoms with van der Waals surface area (Å²) in [6, 6.07) is 43.7. The van der Waals surface area contributed by atoms with Crippen molar-refractivity contribution in [1.82, 2.24) is 4.98 Å². The summed E-state index contributed by atoms with van der Waals surface area (Å²) >= 11 is 1.84. The largest absolute Gasteiger partial charge is 0.241 e. The highest BCUT2D eigenvalue weighted by molar-refractivity contribution is 7.95. The molecule has 0 N–H and O–H groups in total. The molecule has 4 aromatic carbocycles. The third kappa shape index (κ3) is 3.93. The van der Waals surface area contributed by atoms with Crippen LogP contribution in [0.1, 0.15) is 10.6 Å². The highest BCUT2D eigenvalue weighted by Gasteiger charge is 2.46. The SMILES string of the molecule is Cc1nc(-c2ccccc2)sc1C[P+](c1ccccc1)(c1ccccc1)c1ccccc1. The monoisotopic (exact) mass is 450 g/mol. The fraction of sp³-hybridized carbons (Fsp3) is 0.0690. The fourth-order valence-electron chi connectivity index (χ4n) is 4.26. The summed E-state index contributed by atoms with van der Waals surface area (Å²) in [5.74, 6) is 0. The Morgan fingerprint density at radius 2 is 1.00 bits per heavy atom. The van der Waals surface area contributed by atoms with Crippen LogP contribution in [0.5, 0.6) is 0 Å². The molecule has 0 saturated carbocycles. The second-order valence-electron chi connectivity index (χ2n) is 7.87. The summed E-state index contributed by atoms with van der Waals surface area (Å²) in [4.78, 5) is 6.35. The Bertz CT molecular complexity index is 1190. The Kier molecular flexibility index (Phi) is 5.99. The molecule has 3 heteroatoms. The molecule has 0 bridgehead atoms. The molecule has 0 atom stereocenters. The number of benzene rings is 4. The molecular formula is C29H25NPS+. The number of hydrogen-bond donors (Lipinski definition) is 0.